The molecule has 11 heteroatoms. The van der Waals surface area contributed by atoms with Crippen LogP contribution in [0.25, 0.3) is 10.9 Å². The van der Waals surface area contributed by atoms with Crippen LogP contribution in [0, 0.1) is 0 Å². The minimum Gasteiger partial charge on any atom is -0.369 e. The van der Waals surface area contributed by atoms with Crippen molar-refractivity contribution < 1.29 is 18.0 Å². The number of carbonyl (C=O) groups is 1. The summed E-state index contributed by atoms with van der Waals surface area (Å²) < 4.78 is 42.1. The lowest BCUT2D eigenvalue weighted by molar-refractivity contribution is -0.137. The largest absolute Gasteiger partial charge is 0.421 e. The molecule has 2 aromatic heterocycles. The van der Waals surface area contributed by atoms with Gasteiger partial charge in [0.25, 0.3) is 0 Å². The number of rotatable bonds is 9. The molecule has 0 atom stereocenters. The van der Waals surface area contributed by atoms with E-state index in [1.807, 2.05) is 42.5 Å². The third kappa shape index (κ3) is 6.25. The number of nitrogens with one attached hydrogen (secondary N) is 3. The van der Waals surface area contributed by atoms with Gasteiger partial charge >= 0.3 is 6.18 Å². The Morgan fingerprint density at radius 2 is 1.86 bits per heavy atom. The summed E-state index contributed by atoms with van der Waals surface area (Å²) in [6.45, 7) is 0.507. The van der Waals surface area contributed by atoms with E-state index in [9.17, 15) is 18.0 Å². The first-order chi connectivity index (χ1) is 16.8. The molecule has 2 heterocycles. The molecule has 2 aromatic carbocycles. The fraction of sp³-hybridized carbons (Fsp3) is 0.250. The molecule has 35 heavy (non-hydrogen) atoms. The van der Waals surface area contributed by atoms with Gasteiger partial charge < -0.3 is 16.0 Å². The summed E-state index contributed by atoms with van der Waals surface area (Å²) in [5.41, 5.74) is 1.40. The van der Waals surface area contributed by atoms with E-state index in [1.165, 1.54) is 0 Å². The van der Waals surface area contributed by atoms with Gasteiger partial charge in [-0.15, -0.1) is 0 Å². The third-order valence-corrected chi connectivity index (χ3v) is 5.28. The predicted molar refractivity (Wildman–Crippen MR) is 127 cm³/mol. The van der Waals surface area contributed by atoms with E-state index in [-0.39, 0.29) is 30.6 Å². The number of nitrogens with zero attached hydrogens (tertiary/aromatic N) is 4. The van der Waals surface area contributed by atoms with Gasteiger partial charge in [-0.05, 0) is 30.2 Å². The Morgan fingerprint density at radius 3 is 2.63 bits per heavy atom. The number of fused-ring (bicyclic) bond motifs is 1. The predicted octanol–water partition coefficient (Wildman–Crippen LogP) is 4.29. The number of carbonyl (C=O) groups excluding carboxylic acids is 1. The van der Waals surface area contributed by atoms with Gasteiger partial charge in [0.05, 0.1) is 18.1 Å². The van der Waals surface area contributed by atoms with Crippen molar-refractivity contribution in [2.75, 3.05) is 23.7 Å². The molecule has 0 radical (unpaired) electrons. The van der Waals surface area contributed by atoms with E-state index >= 15 is 0 Å². The van der Waals surface area contributed by atoms with Crippen LogP contribution in [0.2, 0.25) is 0 Å². The van der Waals surface area contributed by atoms with Gasteiger partial charge in [-0.25, -0.2) is 4.98 Å². The van der Waals surface area contributed by atoms with Gasteiger partial charge in [-0.1, -0.05) is 30.3 Å². The summed E-state index contributed by atoms with van der Waals surface area (Å²) in [5, 5.41) is 13.5. The van der Waals surface area contributed by atoms with Crippen molar-refractivity contribution in [1.82, 2.24) is 25.1 Å². The lowest BCUT2D eigenvalue weighted by Gasteiger charge is -2.15. The summed E-state index contributed by atoms with van der Waals surface area (Å²) >= 11 is 0. The van der Waals surface area contributed by atoms with Gasteiger partial charge in [0.2, 0.25) is 11.9 Å². The highest BCUT2D eigenvalue weighted by atomic mass is 19.4. The molecule has 8 nitrogen and oxygen atoms in total. The van der Waals surface area contributed by atoms with Crippen LogP contribution in [-0.4, -0.2) is 38.7 Å². The number of hydrogen-bond donors (Lipinski definition) is 3. The molecule has 4 rings (SSSR count). The highest BCUT2D eigenvalue weighted by Gasteiger charge is 2.35. The first-order valence-corrected chi connectivity index (χ1v) is 11.0. The zero-order valence-corrected chi connectivity index (χ0v) is 18.9. The summed E-state index contributed by atoms with van der Waals surface area (Å²) in [7, 11) is 1.80. The molecule has 0 aliphatic rings. The Kier molecular flexibility index (Phi) is 7.14. The molecule has 0 saturated heterocycles. The summed E-state index contributed by atoms with van der Waals surface area (Å²) in [5.74, 6) is -0.448. The van der Waals surface area contributed by atoms with Gasteiger partial charge in [-0.3, -0.25) is 9.48 Å². The number of aryl methyl sites for hydroxylation is 1. The third-order valence-electron chi connectivity index (χ3n) is 5.28. The van der Waals surface area contributed by atoms with Crippen LogP contribution >= 0.6 is 0 Å². The van der Waals surface area contributed by atoms with E-state index in [0.29, 0.717) is 18.7 Å². The Morgan fingerprint density at radius 1 is 1.06 bits per heavy atom. The zero-order valence-electron chi connectivity index (χ0n) is 18.9. The maximum Gasteiger partial charge on any atom is 0.421 e. The molecule has 0 aliphatic carbocycles. The Hall–Kier alpha value is -4.15. The van der Waals surface area contributed by atoms with Crippen molar-refractivity contribution >= 4 is 34.3 Å². The average Bonchev–Trinajstić information content (AvgIpc) is 3.19. The van der Waals surface area contributed by atoms with Crippen LogP contribution in [-0.2, 0) is 24.4 Å². The van der Waals surface area contributed by atoms with E-state index in [1.54, 1.807) is 24.0 Å². The van der Waals surface area contributed by atoms with Gasteiger partial charge in [0.1, 0.15) is 11.4 Å². The molecule has 0 unspecified atom stereocenters. The number of halogens is 3. The number of alkyl halides is 3. The monoisotopic (exact) mass is 483 g/mol. The van der Waals surface area contributed by atoms with Crippen molar-refractivity contribution in [1.29, 1.82) is 0 Å². The molecule has 0 fully saturated rings. The fourth-order valence-electron chi connectivity index (χ4n) is 3.50. The number of benzene rings is 2. The lowest BCUT2D eigenvalue weighted by atomic mass is 10.1. The lowest BCUT2D eigenvalue weighted by Crippen LogP contribution is -2.27. The Labute approximate surface area is 199 Å². The quantitative estimate of drug-likeness (QED) is 0.308. The topological polar surface area (TPSA) is 96.8 Å². The van der Waals surface area contributed by atoms with Crippen molar-refractivity contribution in [3.8, 4) is 0 Å². The van der Waals surface area contributed by atoms with Crippen LogP contribution in [0.15, 0.2) is 60.9 Å². The van der Waals surface area contributed by atoms with Crippen LogP contribution in [0.3, 0.4) is 0 Å². The number of amides is 1. The van der Waals surface area contributed by atoms with Gasteiger partial charge in [0, 0.05) is 37.4 Å². The van der Waals surface area contributed by atoms with Crippen molar-refractivity contribution in [2.45, 2.75) is 19.0 Å². The number of hydrogen-bond acceptors (Lipinski definition) is 6. The smallest absolute Gasteiger partial charge is 0.369 e. The molecule has 182 valence electrons. The molecule has 1 amide bonds. The molecule has 0 aliphatic heterocycles. The van der Waals surface area contributed by atoms with E-state index in [2.05, 4.69) is 31.0 Å². The Bertz CT molecular complexity index is 1310. The van der Waals surface area contributed by atoms with Crippen molar-refractivity contribution in [3.63, 3.8) is 0 Å². The molecule has 4 aromatic rings. The van der Waals surface area contributed by atoms with Crippen molar-refractivity contribution in [2.24, 2.45) is 7.05 Å². The zero-order chi connectivity index (χ0) is 24.8. The highest BCUT2D eigenvalue weighted by Crippen LogP contribution is 2.34. The first-order valence-electron chi connectivity index (χ1n) is 11.0. The SMILES string of the molecule is Cn1ncc2ccc(Nc3ncc(C(F)(F)F)c(NCCCNC(=O)Cc4ccccc4)n3)cc21. The Balaban J connectivity index is 1.36. The molecule has 3 N–H and O–H groups in total. The minimum absolute atomic E-state index is 0.0261. The number of anilines is 3. The van der Waals surface area contributed by atoms with E-state index in [0.717, 1.165) is 22.7 Å². The molecular weight excluding hydrogens is 459 g/mol. The first kappa shape index (κ1) is 24.0. The molecule has 0 saturated carbocycles. The summed E-state index contributed by atoms with van der Waals surface area (Å²) in [4.78, 5) is 19.9. The van der Waals surface area contributed by atoms with Crippen LogP contribution < -0.4 is 16.0 Å². The van der Waals surface area contributed by atoms with Crippen molar-refractivity contribution in [3.05, 3.63) is 72.1 Å². The normalized spacial score (nSPS) is 11.4. The fourth-order valence-corrected chi connectivity index (χ4v) is 3.50. The van der Waals surface area contributed by atoms with Gasteiger partial charge in [0.15, 0.2) is 0 Å². The second kappa shape index (κ2) is 10.4. The summed E-state index contributed by atoms with van der Waals surface area (Å²) in [6, 6.07) is 14.7. The average molecular weight is 483 g/mol. The maximum absolute atomic E-state index is 13.5. The molecule has 0 bridgehead atoms. The second-order valence-electron chi connectivity index (χ2n) is 7.91. The van der Waals surface area contributed by atoms with Gasteiger partial charge in [-0.2, -0.15) is 23.3 Å². The maximum atomic E-state index is 13.5. The minimum atomic E-state index is -4.61. The molecular formula is C24H24F3N7O. The van der Waals surface area contributed by atoms with Crippen LogP contribution in [0.4, 0.5) is 30.6 Å². The number of aromatic nitrogens is 4. The highest BCUT2D eigenvalue weighted by molar-refractivity contribution is 5.83. The standard InChI is InChI=1S/C24H24F3N7O/c1-34-20-13-18(9-8-17(20)14-31-34)32-23-30-15-19(24(25,26)27)22(33-23)29-11-5-10-28-21(35)12-16-6-3-2-4-7-16/h2-4,6-9,13-15H,5,10-12H2,1H3,(H,28,35)(H2,29,30,32,33). The summed E-state index contributed by atoms with van der Waals surface area (Å²) in [6.07, 6.45) is -1.47. The second-order valence-corrected chi connectivity index (χ2v) is 7.91. The van der Waals surface area contributed by atoms with Crippen LogP contribution in [0.5, 0.6) is 0 Å². The van der Waals surface area contributed by atoms with Crippen LogP contribution in [0.1, 0.15) is 17.5 Å². The molecule has 0 spiro atoms. The van der Waals surface area contributed by atoms with E-state index < -0.39 is 11.7 Å². The van der Waals surface area contributed by atoms with E-state index in [4.69, 9.17) is 0 Å².